The molecule has 2 aromatic carbocycles. The maximum atomic E-state index is 12.9. The zero-order valence-electron chi connectivity index (χ0n) is 15.5. The van der Waals surface area contributed by atoms with E-state index in [2.05, 4.69) is 0 Å². The summed E-state index contributed by atoms with van der Waals surface area (Å²) in [6.45, 7) is 1.17. The Balaban J connectivity index is 1.76. The van der Waals surface area contributed by atoms with E-state index in [1.54, 1.807) is 0 Å². The molecular formula is C20H20F3N3O3. The molecule has 1 amide bonds. The van der Waals surface area contributed by atoms with Crippen LogP contribution in [0.25, 0.3) is 0 Å². The molecule has 1 saturated heterocycles. The summed E-state index contributed by atoms with van der Waals surface area (Å²) in [5.74, 6) is -0.396. The van der Waals surface area contributed by atoms with Gasteiger partial charge in [0.1, 0.15) is 5.56 Å². The Morgan fingerprint density at radius 3 is 2.45 bits per heavy atom. The van der Waals surface area contributed by atoms with E-state index >= 15 is 0 Å². The topological polar surface area (TPSA) is 89.5 Å². The second-order valence-electron chi connectivity index (χ2n) is 7.00. The molecule has 0 aliphatic carbocycles. The lowest BCUT2D eigenvalue weighted by molar-refractivity contribution is -0.385. The van der Waals surface area contributed by atoms with Gasteiger partial charge in [0, 0.05) is 25.7 Å². The van der Waals surface area contributed by atoms with Crippen LogP contribution in [0.1, 0.15) is 45.8 Å². The molecule has 0 spiro atoms. The average molecular weight is 407 g/mol. The minimum Gasteiger partial charge on any atom is -0.338 e. The molecule has 0 bridgehead atoms. The average Bonchev–Trinajstić information content (AvgIpc) is 2.72. The third kappa shape index (κ3) is 4.56. The Hall–Kier alpha value is -2.94. The fourth-order valence-electron chi connectivity index (χ4n) is 3.60. The van der Waals surface area contributed by atoms with Crippen molar-refractivity contribution >= 4 is 11.6 Å². The molecule has 1 heterocycles. The second kappa shape index (κ2) is 8.20. The van der Waals surface area contributed by atoms with Crippen LogP contribution in [0.15, 0.2) is 42.5 Å². The Morgan fingerprint density at radius 2 is 1.86 bits per heavy atom. The van der Waals surface area contributed by atoms with Crippen LogP contribution in [-0.2, 0) is 12.7 Å². The van der Waals surface area contributed by atoms with E-state index in [0.717, 1.165) is 17.2 Å². The molecule has 2 aromatic rings. The van der Waals surface area contributed by atoms with Gasteiger partial charge in [-0.05, 0) is 42.0 Å². The van der Waals surface area contributed by atoms with Crippen molar-refractivity contribution in [3.8, 4) is 0 Å². The number of carbonyl (C=O) groups excluding carboxylic acids is 1. The summed E-state index contributed by atoms with van der Waals surface area (Å²) < 4.78 is 38.6. The van der Waals surface area contributed by atoms with Gasteiger partial charge in [0.05, 0.1) is 10.5 Å². The fraction of sp³-hybridized carbons (Fsp3) is 0.350. The van der Waals surface area contributed by atoms with E-state index < -0.39 is 28.3 Å². The van der Waals surface area contributed by atoms with Crippen LogP contribution >= 0.6 is 0 Å². The first kappa shape index (κ1) is 20.8. The highest BCUT2D eigenvalue weighted by molar-refractivity contribution is 5.98. The first-order valence-electron chi connectivity index (χ1n) is 9.14. The first-order chi connectivity index (χ1) is 13.7. The third-order valence-corrected chi connectivity index (χ3v) is 5.19. The van der Waals surface area contributed by atoms with E-state index in [4.69, 9.17) is 5.73 Å². The highest BCUT2D eigenvalue weighted by Gasteiger charge is 2.35. The van der Waals surface area contributed by atoms with Crippen LogP contribution < -0.4 is 5.73 Å². The summed E-state index contributed by atoms with van der Waals surface area (Å²) in [6.07, 6.45) is -3.40. The summed E-state index contributed by atoms with van der Waals surface area (Å²) in [5, 5.41) is 11.2. The lowest BCUT2D eigenvalue weighted by atomic mass is 9.88. The normalized spacial score (nSPS) is 15.4. The number of nitrogens with two attached hydrogens (primary N) is 1. The van der Waals surface area contributed by atoms with Crippen molar-refractivity contribution in [2.24, 2.45) is 5.73 Å². The number of nitrogens with zero attached hydrogens (tertiary/aromatic N) is 2. The molecule has 0 radical (unpaired) electrons. The smallest absolute Gasteiger partial charge is 0.338 e. The molecule has 6 nitrogen and oxygen atoms in total. The summed E-state index contributed by atoms with van der Waals surface area (Å²) in [5.41, 5.74) is 5.50. The van der Waals surface area contributed by atoms with Crippen molar-refractivity contribution in [2.45, 2.75) is 31.5 Å². The Kier molecular flexibility index (Phi) is 5.88. The van der Waals surface area contributed by atoms with E-state index in [0.29, 0.717) is 44.6 Å². The van der Waals surface area contributed by atoms with Gasteiger partial charge < -0.3 is 10.6 Å². The molecule has 0 aromatic heterocycles. The number of alkyl halides is 3. The van der Waals surface area contributed by atoms with Crippen LogP contribution in [0.4, 0.5) is 18.9 Å². The van der Waals surface area contributed by atoms with Gasteiger partial charge in [-0.2, -0.15) is 13.2 Å². The summed E-state index contributed by atoms with van der Waals surface area (Å²) in [6, 6.07) is 9.90. The van der Waals surface area contributed by atoms with Crippen molar-refractivity contribution in [1.29, 1.82) is 0 Å². The molecule has 154 valence electrons. The van der Waals surface area contributed by atoms with E-state index in [9.17, 15) is 28.1 Å². The van der Waals surface area contributed by atoms with Gasteiger partial charge in [-0.3, -0.25) is 14.9 Å². The number of hydrogen-bond donors (Lipinski definition) is 1. The lowest BCUT2D eigenvalue weighted by Gasteiger charge is -2.32. The van der Waals surface area contributed by atoms with Crippen molar-refractivity contribution in [1.82, 2.24) is 4.90 Å². The van der Waals surface area contributed by atoms with Crippen LogP contribution in [0.3, 0.4) is 0 Å². The molecule has 1 aliphatic rings. The predicted octanol–water partition coefficient (Wildman–Crippen LogP) is 4.09. The number of halogens is 3. The van der Waals surface area contributed by atoms with Crippen molar-refractivity contribution in [3.63, 3.8) is 0 Å². The molecule has 0 unspecified atom stereocenters. The number of carbonyl (C=O) groups is 1. The van der Waals surface area contributed by atoms with Crippen LogP contribution in [0.5, 0.6) is 0 Å². The molecule has 9 heteroatoms. The minimum absolute atomic E-state index is 0.230. The summed E-state index contributed by atoms with van der Waals surface area (Å²) in [4.78, 5) is 24.5. The highest BCUT2D eigenvalue weighted by atomic mass is 19.4. The van der Waals surface area contributed by atoms with Crippen molar-refractivity contribution < 1.29 is 22.9 Å². The minimum atomic E-state index is -4.72. The predicted molar refractivity (Wildman–Crippen MR) is 100 cm³/mol. The SMILES string of the molecule is NCc1cccc(C2CCN(C(=O)c3ccc(C(F)(F)F)cc3[N+](=O)[O-])CC2)c1. The third-order valence-electron chi connectivity index (χ3n) is 5.19. The second-order valence-corrected chi connectivity index (χ2v) is 7.00. The maximum absolute atomic E-state index is 12.9. The van der Waals surface area contributed by atoms with Crippen LogP contribution in [-0.4, -0.2) is 28.8 Å². The number of rotatable bonds is 4. The van der Waals surface area contributed by atoms with Crippen LogP contribution in [0.2, 0.25) is 0 Å². The number of amides is 1. The molecule has 0 saturated carbocycles. The zero-order chi connectivity index (χ0) is 21.2. The monoisotopic (exact) mass is 407 g/mol. The fourth-order valence-corrected chi connectivity index (χ4v) is 3.60. The van der Waals surface area contributed by atoms with Gasteiger partial charge in [0.2, 0.25) is 0 Å². The quantitative estimate of drug-likeness (QED) is 0.611. The molecule has 2 N–H and O–H groups in total. The molecular weight excluding hydrogens is 387 g/mol. The zero-order valence-corrected chi connectivity index (χ0v) is 15.5. The summed E-state index contributed by atoms with van der Waals surface area (Å²) in [7, 11) is 0. The van der Waals surface area contributed by atoms with Gasteiger partial charge in [0.25, 0.3) is 11.6 Å². The van der Waals surface area contributed by atoms with Gasteiger partial charge in [0.15, 0.2) is 0 Å². The van der Waals surface area contributed by atoms with E-state index in [1.165, 1.54) is 4.90 Å². The van der Waals surface area contributed by atoms with Gasteiger partial charge >= 0.3 is 6.18 Å². The molecule has 0 atom stereocenters. The molecule has 29 heavy (non-hydrogen) atoms. The summed E-state index contributed by atoms with van der Waals surface area (Å²) >= 11 is 0. The van der Waals surface area contributed by atoms with Crippen LogP contribution in [0, 0.1) is 10.1 Å². The van der Waals surface area contributed by atoms with Gasteiger partial charge in [-0.25, -0.2) is 0 Å². The van der Waals surface area contributed by atoms with Gasteiger partial charge in [-0.1, -0.05) is 24.3 Å². The maximum Gasteiger partial charge on any atom is 0.416 e. The van der Waals surface area contributed by atoms with E-state index in [-0.39, 0.29) is 11.5 Å². The lowest BCUT2D eigenvalue weighted by Crippen LogP contribution is -2.38. The molecule has 1 aliphatic heterocycles. The van der Waals surface area contributed by atoms with Crippen molar-refractivity contribution in [2.75, 3.05) is 13.1 Å². The Labute approximate surface area is 165 Å². The Bertz CT molecular complexity index is 923. The number of likely N-dealkylation sites (tertiary alicyclic amines) is 1. The number of hydrogen-bond acceptors (Lipinski definition) is 4. The molecule has 1 fully saturated rings. The van der Waals surface area contributed by atoms with Crippen molar-refractivity contribution in [3.05, 3.63) is 74.8 Å². The number of nitro benzene ring substituents is 1. The Morgan fingerprint density at radius 1 is 1.17 bits per heavy atom. The van der Waals surface area contributed by atoms with E-state index in [1.807, 2.05) is 24.3 Å². The largest absolute Gasteiger partial charge is 0.416 e. The standard InChI is InChI=1S/C20H20F3N3O3/c21-20(22,23)16-4-5-17(18(11-16)26(28)29)19(27)25-8-6-14(7-9-25)15-3-1-2-13(10-15)12-24/h1-5,10-11,14H,6-9,12,24H2. The first-order valence-corrected chi connectivity index (χ1v) is 9.14. The van der Waals surface area contributed by atoms with Gasteiger partial charge in [-0.15, -0.1) is 0 Å². The number of piperidine rings is 1. The molecule has 3 rings (SSSR count). The number of benzene rings is 2. The number of nitro groups is 1. The highest BCUT2D eigenvalue weighted by Crippen LogP contribution is 2.34.